The molecule has 4 aromatic rings. The summed E-state index contributed by atoms with van der Waals surface area (Å²) in [5.41, 5.74) is 2.20. The molecule has 0 saturated heterocycles. The number of hydrogen-bond donors (Lipinski definition) is 2. The van der Waals surface area contributed by atoms with Crippen molar-refractivity contribution in [2.45, 2.75) is 18.1 Å². The van der Waals surface area contributed by atoms with Crippen molar-refractivity contribution >= 4 is 50.0 Å². The monoisotopic (exact) mass is 435 g/mol. The third-order valence-corrected chi connectivity index (χ3v) is 7.61. The van der Waals surface area contributed by atoms with Crippen LogP contribution in [0.4, 0.5) is 0 Å². The minimum Gasteiger partial charge on any atom is -0.495 e. The number of rotatable bonds is 6. The lowest BCUT2D eigenvalue weighted by atomic mass is 10.1. The molecule has 152 valence electrons. The number of nitrogens with one attached hydrogen (secondary N) is 2. The van der Waals surface area contributed by atoms with Crippen LogP contribution in [0.5, 0.6) is 5.75 Å². The van der Waals surface area contributed by atoms with E-state index in [1.165, 1.54) is 10.1 Å². The number of methoxy groups -OCH3 is 1. The SMILES string of the molecule is COc1c(C(=O)NCCC2CC=CS2)ccc2n[nH]c(-c3cc4ccccc4s3)c12. The molecule has 1 atom stereocenters. The van der Waals surface area contributed by atoms with Gasteiger partial charge in [-0.1, -0.05) is 24.3 Å². The first kappa shape index (κ1) is 19.2. The molecule has 0 bridgehead atoms. The van der Waals surface area contributed by atoms with Crippen LogP contribution in [0.3, 0.4) is 0 Å². The highest BCUT2D eigenvalue weighted by Gasteiger charge is 2.21. The third kappa shape index (κ3) is 3.48. The van der Waals surface area contributed by atoms with Gasteiger partial charge in [-0.3, -0.25) is 9.89 Å². The number of aromatic nitrogens is 2. The molecule has 3 heterocycles. The van der Waals surface area contributed by atoms with E-state index in [2.05, 4.69) is 45.2 Å². The number of thioether (sulfide) groups is 1. The summed E-state index contributed by atoms with van der Waals surface area (Å²) in [6.45, 7) is 0.647. The summed E-state index contributed by atoms with van der Waals surface area (Å²) in [5.74, 6) is 0.441. The minimum absolute atomic E-state index is 0.117. The fourth-order valence-corrected chi connectivity index (χ4v) is 5.80. The maximum absolute atomic E-state index is 12.9. The Morgan fingerprint density at radius 3 is 3.00 bits per heavy atom. The van der Waals surface area contributed by atoms with Gasteiger partial charge in [0.1, 0.15) is 5.75 Å². The summed E-state index contributed by atoms with van der Waals surface area (Å²) in [4.78, 5) is 14.0. The maximum Gasteiger partial charge on any atom is 0.255 e. The molecule has 1 aliphatic heterocycles. The van der Waals surface area contributed by atoms with Crippen LogP contribution in [-0.4, -0.2) is 35.0 Å². The van der Waals surface area contributed by atoms with Gasteiger partial charge in [-0.05, 0) is 47.9 Å². The zero-order valence-electron chi connectivity index (χ0n) is 16.5. The molecule has 5 nitrogen and oxygen atoms in total. The average molecular weight is 436 g/mol. The molecule has 2 aromatic heterocycles. The molecule has 2 aromatic carbocycles. The molecule has 30 heavy (non-hydrogen) atoms. The van der Waals surface area contributed by atoms with Crippen molar-refractivity contribution in [1.82, 2.24) is 15.5 Å². The highest BCUT2D eigenvalue weighted by Crippen LogP contribution is 2.40. The quantitative estimate of drug-likeness (QED) is 0.414. The van der Waals surface area contributed by atoms with Crippen LogP contribution < -0.4 is 10.1 Å². The molecule has 0 aliphatic carbocycles. The van der Waals surface area contributed by atoms with Crippen LogP contribution >= 0.6 is 23.1 Å². The van der Waals surface area contributed by atoms with E-state index in [0.29, 0.717) is 23.1 Å². The van der Waals surface area contributed by atoms with Crippen molar-refractivity contribution < 1.29 is 9.53 Å². The molecule has 1 aliphatic rings. The topological polar surface area (TPSA) is 67.0 Å². The fourth-order valence-electron chi connectivity index (χ4n) is 3.81. The van der Waals surface area contributed by atoms with Gasteiger partial charge in [-0.15, -0.1) is 23.1 Å². The predicted octanol–water partition coefficient (Wildman–Crippen LogP) is 5.59. The molecule has 0 saturated carbocycles. The van der Waals surface area contributed by atoms with E-state index in [0.717, 1.165) is 34.3 Å². The van der Waals surface area contributed by atoms with Crippen LogP contribution in [0.15, 0.2) is 53.9 Å². The van der Waals surface area contributed by atoms with Gasteiger partial charge in [0, 0.05) is 16.5 Å². The lowest BCUT2D eigenvalue weighted by Crippen LogP contribution is -2.26. The van der Waals surface area contributed by atoms with Gasteiger partial charge < -0.3 is 10.1 Å². The number of H-pyrrole nitrogens is 1. The third-order valence-electron chi connectivity index (χ3n) is 5.31. The Kier molecular flexibility index (Phi) is 5.23. The Balaban J connectivity index is 1.47. The average Bonchev–Trinajstić information content (AvgIpc) is 3.51. The van der Waals surface area contributed by atoms with Crippen LogP contribution in [0, 0.1) is 0 Å². The first-order chi connectivity index (χ1) is 14.7. The zero-order chi connectivity index (χ0) is 20.5. The Hall–Kier alpha value is -2.77. The normalized spacial score (nSPS) is 15.8. The molecule has 1 amide bonds. The Morgan fingerprint density at radius 1 is 1.30 bits per heavy atom. The number of thiophene rings is 1. The highest BCUT2D eigenvalue weighted by atomic mass is 32.2. The number of carbonyl (C=O) groups is 1. The van der Waals surface area contributed by atoms with Crippen LogP contribution in [0.2, 0.25) is 0 Å². The van der Waals surface area contributed by atoms with Gasteiger partial charge >= 0.3 is 0 Å². The highest BCUT2D eigenvalue weighted by molar-refractivity contribution is 8.03. The summed E-state index contributed by atoms with van der Waals surface area (Å²) >= 11 is 3.53. The first-order valence-corrected chi connectivity index (χ1v) is 11.6. The second kappa shape index (κ2) is 8.16. The van der Waals surface area contributed by atoms with E-state index in [1.54, 1.807) is 24.5 Å². The predicted molar refractivity (Wildman–Crippen MR) is 126 cm³/mol. The number of aromatic amines is 1. The van der Waals surface area contributed by atoms with Gasteiger partial charge in [0.05, 0.1) is 34.1 Å². The summed E-state index contributed by atoms with van der Waals surface area (Å²) in [6, 6.07) is 14.1. The largest absolute Gasteiger partial charge is 0.495 e. The standard InChI is InChI=1S/C23H21N3O2S2/c1-28-22-16(23(27)24-11-10-15-6-4-12-29-15)8-9-17-20(22)21(26-25-17)19-13-14-5-2-3-7-18(14)30-19/h2-5,7-9,12-13,15H,6,10-11H2,1H3,(H,24,27)(H,25,26). The van der Waals surface area contributed by atoms with Crippen molar-refractivity contribution in [3.8, 4) is 16.3 Å². The van der Waals surface area contributed by atoms with Crippen LogP contribution in [-0.2, 0) is 0 Å². The van der Waals surface area contributed by atoms with Gasteiger partial charge in [0.2, 0.25) is 0 Å². The molecular weight excluding hydrogens is 414 g/mol. The van der Waals surface area contributed by atoms with Crippen LogP contribution in [0.1, 0.15) is 23.2 Å². The van der Waals surface area contributed by atoms with Gasteiger partial charge in [-0.25, -0.2) is 0 Å². The van der Waals surface area contributed by atoms with Crippen molar-refractivity contribution in [3.63, 3.8) is 0 Å². The second-order valence-electron chi connectivity index (χ2n) is 7.20. The maximum atomic E-state index is 12.9. The minimum atomic E-state index is -0.117. The summed E-state index contributed by atoms with van der Waals surface area (Å²) in [7, 11) is 1.61. The number of nitrogens with zero attached hydrogens (tertiary/aromatic N) is 1. The number of allylic oxidation sites excluding steroid dienone is 1. The van der Waals surface area contributed by atoms with Crippen molar-refractivity contribution in [3.05, 3.63) is 59.5 Å². The lowest BCUT2D eigenvalue weighted by molar-refractivity contribution is 0.0950. The van der Waals surface area contributed by atoms with E-state index >= 15 is 0 Å². The van der Waals surface area contributed by atoms with Crippen LogP contribution in [0.25, 0.3) is 31.6 Å². The number of amides is 1. The summed E-state index contributed by atoms with van der Waals surface area (Å²) in [6.07, 6.45) is 4.21. The van der Waals surface area contributed by atoms with Crippen molar-refractivity contribution in [2.75, 3.05) is 13.7 Å². The molecule has 0 spiro atoms. The van der Waals surface area contributed by atoms with Crippen molar-refractivity contribution in [2.24, 2.45) is 0 Å². The van der Waals surface area contributed by atoms with E-state index in [-0.39, 0.29) is 5.91 Å². The molecule has 0 radical (unpaired) electrons. The number of benzene rings is 2. The Labute approximate surface area is 182 Å². The van der Waals surface area contributed by atoms with Crippen molar-refractivity contribution in [1.29, 1.82) is 0 Å². The summed E-state index contributed by atoms with van der Waals surface area (Å²) < 4.78 is 6.93. The second-order valence-corrected chi connectivity index (χ2v) is 9.49. The molecule has 7 heteroatoms. The first-order valence-electron chi connectivity index (χ1n) is 9.87. The number of ether oxygens (including phenoxy) is 1. The van der Waals surface area contributed by atoms with E-state index in [4.69, 9.17) is 4.74 Å². The molecule has 1 unspecified atom stereocenters. The number of carbonyl (C=O) groups excluding carboxylic acids is 1. The van der Waals surface area contributed by atoms with E-state index in [1.807, 2.05) is 30.0 Å². The number of fused-ring (bicyclic) bond motifs is 2. The van der Waals surface area contributed by atoms with Gasteiger partial charge in [0.25, 0.3) is 5.91 Å². The van der Waals surface area contributed by atoms with Gasteiger partial charge in [0.15, 0.2) is 0 Å². The molecule has 2 N–H and O–H groups in total. The lowest BCUT2D eigenvalue weighted by Gasteiger charge is -2.12. The summed E-state index contributed by atoms with van der Waals surface area (Å²) in [5, 5.41) is 15.4. The van der Waals surface area contributed by atoms with E-state index in [9.17, 15) is 4.79 Å². The fraction of sp³-hybridized carbons (Fsp3) is 0.217. The molecule has 0 fully saturated rings. The van der Waals surface area contributed by atoms with E-state index < -0.39 is 0 Å². The molecule has 5 rings (SSSR count). The zero-order valence-corrected chi connectivity index (χ0v) is 18.1. The van der Waals surface area contributed by atoms with Gasteiger partial charge in [-0.2, -0.15) is 5.10 Å². The smallest absolute Gasteiger partial charge is 0.255 e. The Morgan fingerprint density at radius 2 is 2.20 bits per heavy atom. The molecular formula is C23H21N3O2S2. The Bertz CT molecular complexity index is 1220. The number of hydrogen-bond acceptors (Lipinski definition) is 5.